The monoisotopic (exact) mass is 280 g/mol. The molecule has 0 saturated heterocycles. The van der Waals surface area contributed by atoms with Gasteiger partial charge in [-0.15, -0.1) is 0 Å². The highest BCUT2D eigenvalue weighted by Crippen LogP contribution is 2.35. The Morgan fingerprint density at radius 3 is 2.26 bits per heavy atom. The number of methoxy groups -OCH3 is 2. The highest BCUT2D eigenvalue weighted by molar-refractivity contribution is 5.72. The van der Waals surface area contributed by atoms with Crippen molar-refractivity contribution in [2.24, 2.45) is 0 Å². The van der Waals surface area contributed by atoms with Gasteiger partial charge < -0.3 is 25.6 Å². The highest BCUT2D eigenvalue weighted by Gasteiger charge is 2.37. The van der Waals surface area contributed by atoms with Crippen LogP contribution >= 0.6 is 0 Å². The molecule has 0 heterocycles. The number of nitrogens with one attached hydrogen (secondary N) is 1. The van der Waals surface area contributed by atoms with Crippen LogP contribution in [-0.4, -0.2) is 38.2 Å². The van der Waals surface area contributed by atoms with E-state index in [-0.39, 0.29) is 11.4 Å². The summed E-state index contributed by atoms with van der Waals surface area (Å²) in [6.45, 7) is -0.705. The van der Waals surface area contributed by atoms with E-state index in [4.69, 9.17) is 20.3 Å². The zero-order valence-electron chi connectivity index (χ0n) is 10.4. The smallest absolute Gasteiger partial charge is 0.416 e. The van der Waals surface area contributed by atoms with Gasteiger partial charge in [-0.05, 0) is 0 Å². The van der Waals surface area contributed by atoms with Crippen LogP contribution in [0.25, 0.3) is 0 Å². The maximum absolute atomic E-state index is 12.2. The number of alkyl halides is 3. The van der Waals surface area contributed by atoms with E-state index in [2.05, 4.69) is 5.32 Å². The van der Waals surface area contributed by atoms with Crippen LogP contribution < -0.4 is 20.5 Å². The molecule has 5 nitrogen and oxygen atoms in total. The van der Waals surface area contributed by atoms with Crippen LogP contribution in [0.5, 0.6) is 11.5 Å². The normalized spacial score (nSPS) is 12.9. The molecule has 0 aliphatic rings. The number of aliphatic hydroxyl groups is 1. The Morgan fingerprint density at radius 2 is 1.79 bits per heavy atom. The number of aliphatic hydroxyl groups excluding tert-OH is 1. The number of anilines is 2. The minimum Gasteiger partial charge on any atom is -0.493 e. The van der Waals surface area contributed by atoms with Crippen LogP contribution in [0.4, 0.5) is 24.5 Å². The van der Waals surface area contributed by atoms with Gasteiger partial charge in [-0.1, -0.05) is 0 Å². The average Bonchev–Trinajstić information content (AvgIpc) is 2.35. The molecule has 8 heteroatoms. The minimum atomic E-state index is -4.68. The maximum atomic E-state index is 12.2. The molecule has 1 atom stereocenters. The van der Waals surface area contributed by atoms with E-state index in [0.29, 0.717) is 11.5 Å². The van der Waals surface area contributed by atoms with Gasteiger partial charge in [0.25, 0.3) is 0 Å². The molecule has 0 aliphatic carbocycles. The number of hydrogen-bond acceptors (Lipinski definition) is 5. The molecule has 1 rings (SSSR count). The molecule has 1 aromatic carbocycles. The van der Waals surface area contributed by atoms with Crippen molar-refractivity contribution in [3.63, 3.8) is 0 Å². The number of benzene rings is 1. The maximum Gasteiger partial charge on any atom is 0.416 e. The molecular weight excluding hydrogens is 265 g/mol. The molecule has 0 radical (unpaired) electrons. The van der Waals surface area contributed by atoms with E-state index in [9.17, 15) is 13.2 Å². The summed E-state index contributed by atoms with van der Waals surface area (Å²) < 4.78 is 46.4. The summed E-state index contributed by atoms with van der Waals surface area (Å²) in [7, 11) is 2.81. The Hall–Kier alpha value is -1.83. The largest absolute Gasteiger partial charge is 0.493 e. The Bertz CT molecular complexity index is 438. The van der Waals surface area contributed by atoms with E-state index in [0.717, 1.165) is 0 Å². The van der Waals surface area contributed by atoms with Gasteiger partial charge in [0, 0.05) is 18.7 Å². The van der Waals surface area contributed by atoms with Gasteiger partial charge in [-0.3, -0.25) is 0 Å². The third-order valence-electron chi connectivity index (χ3n) is 2.42. The van der Waals surface area contributed by atoms with E-state index in [1.54, 1.807) is 0 Å². The molecule has 0 bridgehead atoms. The Balaban J connectivity index is 2.84. The minimum absolute atomic E-state index is 0.187. The number of ether oxygens (including phenoxy) is 2. The molecule has 0 aliphatic heterocycles. The molecule has 19 heavy (non-hydrogen) atoms. The van der Waals surface area contributed by atoms with E-state index < -0.39 is 18.8 Å². The third kappa shape index (κ3) is 3.82. The topological polar surface area (TPSA) is 76.7 Å². The molecule has 0 amide bonds. The van der Waals surface area contributed by atoms with Gasteiger partial charge in [0.05, 0.1) is 25.6 Å². The number of nitrogen functional groups attached to an aromatic ring is 1. The van der Waals surface area contributed by atoms with Crippen LogP contribution in [0.15, 0.2) is 12.1 Å². The number of rotatable bonds is 5. The van der Waals surface area contributed by atoms with Crippen molar-refractivity contribution in [2.45, 2.75) is 12.3 Å². The molecule has 1 unspecified atom stereocenters. The molecule has 0 saturated carbocycles. The summed E-state index contributed by atoms with van der Waals surface area (Å²) in [5.74, 6) is 0.683. The molecule has 0 aromatic heterocycles. The van der Waals surface area contributed by atoms with Crippen LogP contribution in [0.2, 0.25) is 0 Å². The highest BCUT2D eigenvalue weighted by atomic mass is 19.4. The zero-order chi connectivity index (χ0) is 14.6. The van der Waals surface area contributed by atoms with Crippen molar-refractivity contribution in [3.05, 3.63) is 12.1 Å². The van der Waals surface area contributed by atoms with Crippen LogP contribution in [0.1, 0.15) is 0 Å². The Morgan fingerprint density at radius 1 is 1.26 bits per heavy atom. The van der Waals surface area contributed by atoms with Crippen molar-refractivity contribution < 1.29 is 27.8 Å². The molecule has 1 aromatic rings. The van der Waals surface area contributed by atoms with Crippen molar-refractivity contribution in [1.29, 1.82) is 0 Å². The summed E-state index contributed by atoms with van der Waals surface area (Å²) in [5, 5.41) is 11.3. The van der Waals surface area contributed by atoms with E-state index in [1.807, 2.05) is 0 Å². The fourth-order valence-corrected chi connectivity index (χ4v) is 1.37. The number of hydrogen-bond donors (Lipinski definition) is 3. The summed E-state index contributed by atoms with van der Waals surface area (Å²) >= 11 is 0. The van der Waals surface area contributed by atoms with Crippen LogP contribution in [-0.2, 0) is 0 Å². The first kappa shape index (κ1) is 15.2. The van der Waals surface area contributed by atoms with Crippen LogP contribution in [0.3, 0.4) is 0 Å². The lowest BCUT2D eigenvalue weighted by Crippen LogP contribution is -2.35. The van der Waals surface area contributed by atoms with Gasteiger partial charge in [-0.2, -0.15) is 13.2 Å². The second-order valence-corrected chi connectivity index (χ2v) is 3.73. The van der Waals surface area contributed by atoms with Gasteiger partial charge in [0.15, 0.2) is 17.6 Å². The predicted molar refractivity (Wildman–Crippen MR) is 64.5 cm³/mol. The van der Waals surface area contributed by atoms with E-state index >= 15 is 0 Å². The van der Waals surface area contributed by atoms with Crippen molar-refractivity contribution >= 4 is 11.4 Å². The quantitative estimate of drug-likeness (QED) is 0.714. The van der Waals surface area contributed by atoms with Gasteiger partial charge in [-0.25, -0.2) is 0 Å². The SMILES string of the molecule is COc1cc(N)c(NCC(O)C(F)(F)F)cc1OC. The van der Waals surface area contributed by atoms with Crippen LogP contribution in [0, 0.1) is 0 Å². The molecular formula is C11H15F3N2O3. The second kappa shape index (κ2) is 5.87. The first-order valence-electron chi connectivity index (χ1n) is 5.29. The lowest BCUT2D eigenvalue weighted by molar-refractivity contribution is -0.198. The zero-order valence-corrected chi connectivity index (χ0v) is 10.4. The first-order chi connectivity index (χ1) is 8.79. The van der Waals surface area contributed by atoms with Gasteiger partial charge >= 0.3 is 6.18 Å². The third-order valence-corrected chi connectivity index (χ3v) is 2.42. The molecule has 108 valence electrons. The van der Waals surface area contributed by atoms with Crippen molar-refractivity contribution in [3.8, 4) is 11.5 Å². The van der Waals surface area contributed by atoms with E-state index in [1.165, 1.54) is 26.4 Å². The molecule has 0 spiro atoms. The predicted octanol–water partition coefficient (Wildman–Crippen LogP) is 1.62. The average molecular weight is 280 g/mol. The fourth-order valence-electron chi connectivity index (χ4n) is 1.37. The summed E-state index contributed by atoms with van der Waals surface area (Å²) in [4.78, 5) is 0. The van der Waals surface area contributed by atoms with Gasteiger partial charge in [0.2, 0.25) is 0 Å². The van der Waals surface area contributed by atoms with Crippen molar-refractivity contribution in [2.75, 3.05) is 31.8 Å². The van der Waals surface area contributed by atoms with Crippen molar-refractivity contribution in [1.82, 2.24) is 0 Å². The summed E-state index contributed by atoms with van der Waals surface area (Å²) in [6.07, 6.45) is -7.15. The lowest BCUT2D eigenvalue weighted by Gasteiger charge is -2.18. The summed E-state index contributed by atoms with van der Waals surface area (Å²) in [5.41, 5.74) is 6.07. The molecule has 4 N–H and O–H groups in total. The molecule has 0 fully saturated rings. The Labute approximate surface area is 108 Å². The van der Waals surface area contributed by atoms with Gasteiger partial charge in [0.1, 0.15) is 0 Å². The fraction of sp³-hybridized carbons (Fsp3) is 0.455. The lowest BCUT2D eigenvalue weighted by atomic mass is 10.2. The number of nitrogens with two attached hydrogens (primary N) is 1. The first-order valence-corrected chi connectivity index (χ1v) is 5.29. The Kier molecular flexibility index (Phi) is 4.71. The number of halogens is 3. The standard InChI is InChI=1S/C11H15F3N2O3/c1-18-8-3-6(15)7(4-9(8)19-2)16-5-10(17)11(12,13)14/h3-4,10,16-17H,5,15H2,1-2H3. The summed E-state index contributed by atoms with van der Waals surface area (Å²) in [6, 6.07) is 2.82. The second-order valence-electron chi connectivity index (χ2n) is 3.73.